The first kappa shape index (κ1) is 8.17. The van der Waals surface area contributed by atoms with E-state index >= 15 is 0 Å². The van der Waals surface area contributed by atoms with Crippen LogP contribution in [-0.2, 0) is 9.47 Å². The van der Waals surface area contributed by atoms with Crippen LogP contribution in [-0.4, -0.2) is 27.5 Å². The van der Waals surface area contributed by atoms with Crippen molar-refractivity contribution in [2.45, 2.75) is 0 Å². The summed E-state index contributed by atoms with van der Waals surface area (Å²) >= 11 is 0. The van der Waals surface area contributed by atoms with E-state index in [9.17, 15) is 0 Å². The minimum absolute atomic E-state index is 0.442. The van der Waals surface area contributed by atoms with Gasteiger partial charge in [0.25, 0.3) is 0 Å². The highest BCUT2D eigenvalue weighted by atomic mass is 16.5. The van der Waals surface area contributed by atoms with Crippen molar-refractivity contribution in [1.82, 2.24) is 0 Å². The summed E-state index contributed by atoms with van der Waals surface area (Å²) in [6.45, 7) is 3.76. The summed E-state index contributed by atoms with van der Waals surface area (Å²) in [7, 11) is 3.15. The van der Waals surface area contributed by atoms with Gasteiger partial charge in [-0.15, -0.1) is 0 Å². The van der Waals surface area contributed by atoms with E-state index < -0.39 is 0 Å². The number of nitrogens with zero attached hydrogens (tertiary/aromatic N) is 1. The van der Waals surface area contributed by atoms with Crippen LogP contribution in [0.4, 0.5) is 0 Å². The fraction of sp³-hybridized carbons (Fsp3) is 0.500. The Kier molecular flexibility index (Phi) is 4.82. The molecule has 0 radical (unpaired) electrons. The molecule has 0 aliphatic rings. The molecule has 0 aliphatic heterocycles. The average Bonchev–Trinajstić information content (AvgIpc) is 1.88. The predicted molar refractivity (Wildman–Crippen MR) is 36.5 cm³/mol. The van der Waals surface area contributed by atoms with E-state index in [4.69, 9.17) is 4.74 Å². The van der Waals surface area contributed by atoms with Crippen LogP contribution in [0.5, 0.6) is 0 Å². The number of ether oxygens (including phenoxy) is 2. The fourth-order valence-electron chi connectivity index (χ4n) is 0.401. The van der Waals surface area contributed by atoms with Crippen LogP contribution in [0.15, 0.2) is 17.0 Å². The minimum Gasteiger partial charge on any atom is -0.502 e. The Morgan fingerprint density at radius 3 is 2.67 bits per heavy atom. The molecular formula is C6H11NO2. The topological polar surface area (TPSA) is 30.8 Å². The van der Waals surface area contributed by atoms with E-state index in [2.05, 4.69) is 16.4 Å². The lowest BCUT2D eigenvalue weighted by Crippen LogP contribution is -1.91. The van der Waals surface area contributed by atoms with Crippen molar-refractivity contribution in [3.05, 3.63) is 12.0 Å². The molecule has 0 spiro atoms. The lowest BCUT2D eigenvalue weighted by molar-refractivity contribution is 0.219. The molecule has 0 rings (SSSR count). The van der Waals surface area contributed by atoms with E-state index in [-0.39, 0.29) is 0 Å². The Labute approximate surface area is 55.0 Å². The Morgan fingerprint density at radius 2 is 2.33 bits per heavy atom. The minimum atomic E-state index is 0.442. The Morgan fingerprint density at radius 1 is 1.67 bits per heavy atom. The predicted octanol–water partition coefficient (Wildman–Crippen LogP) is 0.821. The molecule has 0 heterocycles. The summed E-state index contributed by atoms with van der Waals surface area (Å²) in [6.07, 6.45) is 1.50. The van der Waals surface area contributed by atoms with Crippen LogP contribution in [0.1, 0.15) is 0 Å². The number of hydrogen-bond acceptors (Lipinski definition) is 3. The second-order valence-corrected chi connectivity index (χ2v) is 1.44. The Hall–Kier alpha value is -0.830. The zero-order chi connectivity index (χ0) is 7.11. The third kappa shape index (κ3) is 3.73. The maximum Gasteiger partial charge on any atom is 0.106 e. The summed E-state index contributed by atoms with van der Waals surface area (Å²) in [5.41, 5.74) is 0.694. The second kappa shape index (κ2) is 5.31. The van der Waals surface area contributed by atoms with Crippen molar-refractivity contribution in [3.8, 4) is 0 Å². The van der Waals surface area contributed by atoms with E-state index in [0.717, 1.165) is 0 Å². The van der Waals surface area contributed by atoms with Crippen LogP contribution in [0.25, 0.3) is 0 Å². The molecule has 0 bridgehead atoms. The molecule has 0 fully saturated rings. The van der Waals surface area contributed by atoms with E-state index in [1.807, 2.05) is 0 Å². The number of aliphatic imine (C=N–C) groups is 1. The van der Waals surface area contributed by atoms with Gasteiger partial charge in [-0.3, -0.25) is 4.99 Å². The Balaban J connectivity index is 3.66. The van der Waals surface area contributed by atoms with Gasteiger partial charge in [0, 0.05) is 7.11 Å². The molecule has 52 valence electrons. The normalized spacial score (nSPS) is 11.1. The van der Waals surface area contributed by atoms with E-state index in [1.165, 1.54) is 6.26 Å². The standard InChI is InChI=1S/C6H11NO2/c1-7-6(4-8-2)5-9-3/h4H,1,5H2,2-3H3/b6-4-. The maximum absolute atomic E-state index is 4.77. The fourth-order valence-corrected chi connectivity index (χ4v) is 0.401. The van der Waals surface area contributed by atoms with Gasteiger partial charge in [-0.1, -0.05) is 0 Å². The smallest absolute Gasteiger partial charge is 0.106 e. The van der Waals surface area contributed by atoms with Gasteiger partial charge in [0.1, 0.15) is 6.26 Å². The van der Waals surface area contributed by atoms with Crippen molar-refractivity contribution in [2.24, 2.45) is 4.99 Å². The molecule has 0 unspecified atom stereocenters. The summed E-state index contributed by atoms with van der Waals surface area (Å²) in [5.74, 6) is 0. The highest BCUT2D eigenvalue weighted by Crippen LogP contribution is 1.94. The quantitative estimate of drug-likeness (QED) is 0.415. The van der Waals surface area contributed by atoms with Gasteiger partial charge in [-0.25, -0.2) is 0 Å². The monoisotopic (exact) mass is 129 g/mol. The first-order chi connectivity index (χ1) is 4.35. The van der Waals surface area contributed by atoms with Crippen molar-refractivity contribution < 1.29 is 9.47 Å². The van der Waals surface area contributed by atoms with Gasteiger partial charge in [0.15, 0.2) is 0 Å². The van der Waals surface area contributed by atoms with Gasteiger partial charge in [-0.05, 0) is 6.72 Å². The summed E-state index contributed by atoms with van der Waals surface area (Å²) in [4.78, 5) is 3.63. The molecule has 0 N–H and O–H groups in total. The highest BCUT2D eigenvalue weighted by Gasteiger charge is 1.88. The molecule has 3 heteroatoms. The second-order valence-electron chi connectivity index (χ2n) is 1.44. The number of rotatable bonds is 4. The van der Waals surface area contributed by atoms with Crippen molar-refractivity contribution in [3.63, 3.8) is 0 Å². The summed E-state index contributed by atoms with van der Waals surface area (Å²) < 4.78 is 9.44. The van der Waals surface area contributed by atoms with E-state index in [0.29, 0.717) is 12.3 Å². The molecule has 0 aromatic carbocycles. The molecule has 0 amide bonds. The molecule has 3 nitrogen and oxygen atoms in total. The molecule has 0 aromatic rings. The van der Waals surface area contributed by atoms with Crippen LogP contribution < -0.4 is 0 Å². The summed E-state index contributed by atoms with van der Waals surface area (Å²) in [5, 5.41) is 0. The van der Waals surface area contributed by atoms with Crippen molar-refractivity contribution in [1.29, 1.82) is 0 Å². The third-order valence-electron chi connectivity index (χ3n) is 0.749. The van der Waals surface area contributed by atoms with Crippen LogP contribution in [0.2, 0.25) is 0 Å². The summed E-state index contributed by atoms with van der Waals surface area (Å²) in [6, 6.07) is 0. The van der Waals surface area contributed by atoms with Gasteiger partial charge in [0.05, 0.1) is 19.4 Å². The van der Waals surface area contributed by atoms with Gasteiger partial charge in [0.2, 0.25) is 0 Å². The Bertz CT molecular complexity index is 110. The first-order valence-corrected chi connectivity index (χ1v) is 2.52. The average molecular weight is 129 g/mol. The lowest BCUT2D eigenvalue weighted by atomic mass is 10.5. The molecule has 0 atom stereocenters. The van der Waals surface area contributed by atoms with Crippen LogP contribution in [0.3, 0.4) is 0 Å². The lowest BCUT2D eigenvalue weighted by Gasteiger charge is -1.96. The molecular weight excluding hydrogens is 118 g/mol. The van der Waals surface area contributed by atoms with Gasteiger partial charge >= 0.3 is 0 Å². The van der Waals surface area contributed by atoms with Crippen LogP contribution in [0, 0.1) is 0 Å². The van der Waals surface area contributed by atoms with Gasteiger partial charge < -0.3 is 9.47 Å². The van der Waals surface area contributed by atoms with E-state index in [1.54, 1.807) is 14.2 Å². The SMILES string of the molecule is C=N/C(=C\OC)COC. The number of methoxy groups -OCH3 is 2. The van der Waals surface area contributed by atoms with Crippen molar-refractivity contribution in [2.75, 3.05) is 20.8 Å². The highest BCUT2D eigenvalue weighted by molar-refractivity contribution is 5.28. The maximum atomic E-state index is 4.77. The number of hydrogen-bond donors (Lipinski definition) is 0. The third-order valence-corrected chi connectivity index (χ3v) is 0.749. The first-order valence-electron chi connectivity index (χ1n) is 2.52. The zero-order valence-corrected chi connectivity index (χ0v) is 5.76. The molecule has 0 aliphatic carbocycles. The molecule has 0 aromatic heterocycles. The van der Waals surface area contributed by atoms with Crippen molar-refractivity contribution >= 4 is 6.72 Å². The molecule has 0 saturated heterocycles. The van der Waals surface area contributed by atoms with Gasteiger partial charge in [-0.2, -0.15) is 0 Å². The molecule has 0 saturated carbocycles. The molecule has 9 heavy (non-hydrogen) atoms. The van der Waals surface area contributed by atoms with Crippen LogP contribution >= 0.6 is 0 Å². The largest absolute Gasteiger partial charge is 0.502 e. The zero-order valence-electron chi connectivity index (χ0n) is 5.76.